The highest BCUT2D eigenvalue weighted by Gasteiger charge is 2.17. The zero-order chi connectivity index (χ0) is 12.7. The molecular weight excluding hydrogens is 254 g/mol. The smallest absolute Gasteiger partial charge is 0.258 e. The number of nitro groups is 1. The van der Waals surface area contributed by atoms with Crippen LogP contribution in [0.5, 0.6) is 0 Å². The molecule has 0 aliphatic heterocycles. The quantitative estimate of drug-likeness (QED) is 0.520. The number of nitro benzene ring substituents is 1. The second kappa shape index (κ2) is 3.84. The highest BCUT2D eigenvalue weighted by Crippen LogP contribution is 2.31. The van der Waals surface area contributed by atoms with Crippen molar-refractivity contribution >= 4 is 22.0 Å². The molecule has 3 rings (SSSR count). The number of nitrogens with zero attached hydrogens (tertiary/aromatic N) is 5. The van der Waals surface area contributed by atoms with Crippen LogP contribution < -0.4 is 0 Å². The predicted molar refractivity (Wildman–Crippen MR) is 65.5 cm³/mol. The Morgan fingerprint density at radius 1 is 1.44 bits per heavy atom. The topological polar surface area (TPSA) is 86.2 Å². The molecule has 0 saturated carbocycles. The SMILES string of the molecule is Cc1c(-c2nn3cnnc3s2)cccc1[N+](=O)[O-]. The van der Waals surface area contributed by atoms with Gasteiger partial charge in [-0.3, -0.25) is 10.1 Å². The van der Waals surface area contributed by atoms with Gasteiger partial charge in [0.1, 0.15) is 11.3 Å². The van der Waals surface area contributed by atoms with E-state index in [0.717, 1.165) is 5.56 Å². The van der Waals surface area contributed by atoms with Crippen molar-refractivity contribution in [2.24, 2.45) is 0 Å². The Hall–Kier alpha value is -2.35. The van der Waals surface area contributed by atoms with Gasteiger partial charge in [-0.1, -0.05) is 23.5 Å². The summed E-state index contributed by atoms with van der Waals surface area (Å²) in [5.74, 6) is 0. The van der Waals surface area contributed by atoms with Crippen LogP contribution in [0.1, 0.15) is 5.56 Å². The molecule has 0 saturated heterocycles. The Morgan fingerprint density at radius 3 is 3.00 bits per heavy atom. The zero-order valence-corrected chi connectivity index (χ0v) is 10.1. The molecule has 90 valence electrons. The van der Waals surface area contributed by atoms with Crippen molar-refractivity contribution in [1.82, 2.24) is 19.8 Å². The third kappa shape index (κ3) is 1.54. The molecule has 3 aromatic rings. The van der Waals surface area contributed by atoms with Crippen LogP contribution in [0.3, 0.4) is 0 Å². The molecule has 2 heterocycles. The van der Waals surface area contributed by atoms with Crippen LogP contribution in [0.4, 0.5) is 5.69 Å². The van der Waals surface area contributed by atoms with Gasteiger partial charge in [-0.2, -0.15) is 9.61 Å². The molecule has 0 N–H and O–H groups in total. The first-order valence-corrected chi connectivity index (χ1v) is 5.89. The Morgan fingerprint density at radius 2 is 2.28 bits per heavy atom. The van der Waals surface area contributed by atoms with E-state index in [0.29, 0.717) is 15.5 Å². The van der Waals surface area contributed by atoms with E-state index in [4.69, 9.17) is 0 Å². The lowest BCUT2D eigenvalue weighted by atomic mass is 10.1. The lowest BCUT2D eigenvalue weighted by Gasteiger charge is -2.01. The molecule has 8 heteroatoms. The third-order valence-corrected chi connectivity index (χ3v) is 3.57. The Bertz CT molecular complexity index is 719. The summed E-state index contributed by atoms with van der Waals surface area (Å²) in [7, 11) is 0. The van der Waals surface area contributed by atoms with Gasteiger partial charge in [0.25, 0.3) is 5.69 Å². The molecule has 0 fully saturated rings. The number of aromatic nitrogens is 4. The standard InChI is InChI=1S/C10H7N5O2S/c1-6-7(3-2-4-8(6)15(16)17)9-13-14-5-11-12-10(14)18-9/h2-5H,1H3. The summed E-state index contributed by atoms with van der Waals surface area (Å²) in [6.07, 6.45) is 1.50. The minimum atomic E-state index is -0.390. The molecule has 0 atom stereocenters. The van der Waals surface area contributed by atoms with Gasteiger partial charge in [0.15, 0.2) is 0 Å². The van der Waals surface area contributed by atoms with E-state index in [2.05, 4.69) is 15.3 Å². The van der Waals surface area contributed by atoms with E-state index in [9.17, 15) is 10.1 Å². The molecule has 0 aliphatic carbocycles. The normalized spacial score (nSPS) is 10.9. The van der Waals surface area contributed by atoms with E-state index >= 15 is 0 Å². The summed E-state index contributed by atoms with van der Waals surface area (Å²) in [6, 6.07) is 4.95. The molecular formula is C10H7N5O2S. The lowest BCUT2D eigenvalue weighted by Crippen LogP contribution is -1.93. The fraction of sp³-hybridized carbons (Fsp3) is 0.100. The predicted octanol–water partition coefficient (Wildman–Crippen LogP) is 2.07. The molecule has 2 aromatic heterocycles. The van der Waals surface area contributed by atoms with E-state index in [1.807, 2.05) is 6.07 Å². The molecule has 0 aliphatic rings. The van der Waals surface area contributed by atoms with Crippen molar-refractivity contribution in [3.05, 3.63) is 40.2 Å². The highest BCUT2D eigenvalue weighted by atomic mass is 32.1. The van der Waals surface area contributed by atoms with Gasteiger partial charge < -0.3 is 0 Å². The maximum absolute atomic E-state index is 10.9. The minimum Gasteiger partial charge on any atom is -0.258 e. The summed E-state index contributed by atoms with van der Waals surface area (Å²) < 4.78 is 1.55. The van der Waals surface area contributed by atoms with Gasteiger partial charge >= 0.3 is 0 Å². The molecule has 0 unspecified atom stereocenters. The van der Waals surface area contributed by atoms with Crippen LogP contribution >= 0.6 is 11.3 Å². The first kappa shape index (κ1) is 10.8. The number of fused-ring (bicyclic) bond motifs is 1. The maximum Gasteiger partial charge on any atom is 0.273 e. The fourth-order valence-electron chi connectivity index (χ4n) is 1.72. The molecule has 0 bridgehead atoms. The second-order valence-electron chi connectivity index (χ2n) is 3.67. The Balaban J connectivity index is 2.20. The minimum absolute atomic E-state index is 0.0958. The Labute approximate surface area is 105 Å². The van der Waals surface area contributed by atoms with E-state index in [-0.39, 0.29) is 10.6 Å². The Kier molecular flexibility index (Phi) is 2.30. The first-order valence-electron chi connectivity index (χ1n) is 5.08. The van der Waals surface area contributed by atoms with Crippen molar-refractivity contribution in [2.75, 3.05) is 0 Å². The van der Waals surface area contributed by atoms with Crippen LogP contribution in [0, 0.1) is 17.0 Å². The summed E-state index contributed by atoms with van der Waals surface area (Å²) in [5, 5.41) is 23.5. The van der Waals surface area contributed by atoms with Gasteiger partial charge in [0, 0.05) is 17.2 Å². The van der Waals surface area contributed by atoms with Crippen molar-refractivity contribution in [1.29, 1.82) is 0 Å². The van der Waals surface area contributed by atoms with Crippen LogP contribution in [-0.4, -0.2) is 24.7 Å². The van der Waals surface area contributed by atoms with Gasteiger partial charge in [-0.05, 0) is 6.92 Å². The van der Waals surface area contributed by atoms with E-state index in [1.165, 1.54) is 23.7 Å². The molecule has 7 nitrogen and oxygen atoms in total. The van der Waals surface area contributed by atoms with Gasteiger partial charge in [0.2, 0.25) is 4.96 Å². The van der Waals surface area contributed by atoms with Crippen molar-refractivity contribution < 1.29 is 4.92 Å². The van der Waals surface area contributed by atoms with Crippen LogP contribution in [0.15, 0.2) is 24.5 Å². The number of hydrogen-bond acceptors (Lipinski definition) is 6. The monoisotopic (exact) mass is 261 g/mol. The van der Waals surface area contributed by atoms with Crippen molar-refractivity contribution in [3.63, 3.8) is 0 Å². The van der Waals surface area contributed by atoms with Crippen LogP contribution in [-0.2, 0) is 0 Å². The van der Waals surface area contributed by atoms with E-state index in [1.54, 1.807) is 17.5 Å². The van der Waals surface area contributed by atoms with Crippen molar-refractivity contribution in [3.8, 4) is 10.6 Å². The molecule has 0 amide bonds. The fourth-order valence-corrected chi connectivity index (χ4v) is 2.62. The van der Waals surface area contributed by atoms with Crippen LogP contribution in [0.2, 0.25) is 0 Å². The summed E-state index contributed by atoms with van der Waals surface area (Å²) in [5.41, 5.74) is 1.45. The molecule has 18 heavy (non-hydrogen) atoms. The summed E-state index contributed by atoms with van der Waals surface area (Å²) in [6.45, 7) is 1.72. The van der Waals surface area contributed by atoms with Gasteiger partial charge in [-0.25, -0.2) is 0 Å². The van der Waals surface area contributed by atoms with Gasteiger partial charge in [0.05, 0.1) is 4.92 Å². The molecule has 1 aromatic carbocycles. The summed E-state index contributed by atoms with van der Waals surface area (Å²) in [4.78, 5) is 11.2. The molecule has 0 radical (unpaired) electrons. The van der Waals surface area contributed by atoms with Crippen molar-refractivity contribution in [2.45, 2.75) is 6.92 Å². The number of rotatable bonds is 2. The second-order valence-corrected chi connectivity index (χ2v) is 4.63. The number of benzene rings is 1. The zero-order valence-electron chi connectivity index (χ0n) is 9.27. The third-order valence-electron chi connectivity index (χ3n) is 2.62. The summed E-state index contributed by atoms with van der Waals surface area (Å²) >= 11 is 1.35. The highest BCUT2D eigenvalue weighted by molar-refractivity contribution is 7.19. The maximum atomic E-state index is 10.9. The molecule has 0 spiro atoms. The average molecular weight is 261 g/mol. The number of hydrogen-bond donors (Lipinski definition) is 0. The largest absolute Gasteiger partial charge is 0.273 e. The lowest BCUT2D eigenvalue weighted by molar-refractivity contribution is -0.385. The average Bonchev–Trinajstić information content (AvgIpc) is 2.89. The van der Waals surface area contributed by atoms with Crippen LogP contribution in [0.25, 0.3) is 15.5 Å². The van der Waals surface area contributed by atoms with E-state index < -0.39 is 0 Å². The van der Waals surface area contributed by atoms with Gasteiger partial charge in [-0.15, -0.1) is 10.2 Å². The first-order chi connectivity index (χ1) is 8.66.